The van der Waals surface area contributed by atoms with Crippen LogP contribution in [0.25, 0.3) is 0 Å². The largest absolute Gasteiger partial charge is 0.493 e. The first-order chi connectivity index (χ1) is 10.1. The van der Waals surface area contributed by atoms with Gasteiger partial charge in [0.05, 0.1) is 20.8 Å². The number of methoxy groups -OCH3 is 2. The first-order valence-electron chi connectivity index (χ1n) is 6.82. The zero-order valence-corrected chi connectivity index (χ0v) is 13.4. The Morgan fingerprint density at radius 1 is 1.29 bits per heavy atom. The fourth-order valence-corrected chi connectivity index (χ4v) is 1.88. The van der Waals surface area contributed by atoms with Crippen LogP contribution in [0.5, 0.6) is 17.2 Å². The Bertz CT molecular complexity index is 431. The third-order valence-electron chi connectivity index (χ3n) is 2.83. The molecule has 0 saturated carbocycles. The Hall–Kier alpha value is -1.62. The number of alkyl halides is 1. The minimum atomic E-state index is -0.213. The van der Waals surface area contributed by atoms with E-state index in [2.05, 4.69) is 5.32 Å². The van der Waals surface area contributed by atoms with Crippen LogP contribution in [0.1, 0.15) is 19.8 Å². The summed E-state index contributed by atoms with van der Waals surface area (Å²) in [6.45, 7) is 2.27. The number of amides is 1. The molecule has 0 heterocycles. The Morgan fingerprint density at radius 2 is 1.90 bits per heavy atom. The van der Waals surface area contributed by atoms with Crippen molar-refractivity contribution in [2.75, 3.05) is 26.6 Å². The van der Waals surface area contributed by atoms with Crippen molar-refractivity contribution in [3.05, 3.63) is 18.2 Å². The molecule has 0 radical (unpaired) electrons. The number of hydrogen-bond acceptors (Lipinski definition) is 4. The molecule has 0 aliphatic rings. The molecule has 21 heavy (non-hydrogen) atoms. The maximum absolute atomic E-state index is 11.5. The zero-order valence-electron chi connectivity index (χ0n) is 12.6. The van der Waals surface area contributed by atoms with Crippen molar-refractivity contribution in [3.63, 3.8) is 0 Å². The zero-order chi connectivity index (χ0) is 15.7. The van der Waals surface area contributed by atoms with Gasteiger partial charge < -0.3 is 19.5 Å². The third-order valence-corrected chi connectivity index (χ3v) is 3.09. The summed E-state index contributed by atoms with van der Waals surface area (Å²) >= 11 is 5.55. The fraction of sp³-hybridized carbons (Fsp3) is 0.533. The van der Waals surface area contributed by atoms with Gasteiger partial charge in [-0.1, -0.05) is 6.07 Å². The first kappa shape index (κ1) is 17.4. The summed E-state index contributed by atoms with van der Waals surface area (Å²) in [6.07, 6.45) is 0.882. The summed E-state index contributed by atoms with van der Waals surface area (Å²) in [6, 6.07) is 5.41. The number of rotatable bonds is 9. The standard InChI is InChI=1S/C15H22ClNO4/c1-11(10-17-14(18)8-5-9-16)21-15-12(19-2)6-4-7-13(15)20-3/h4,6-7,11H,5,8-10H2,1-3H3,(H,17,18). The van der Waals surface area contributed by atoms with E-state index >= 15 is 0 Å². The lowest BCUT2D eigenvalue weighted by molar-refractivity contribution is -0.121. The van der Waals surface area contributed by atoms with Crippen LogP contribution in [0.3, 0.4) is 0 Å². The molecule has 0 aromatic heterocycles. The van der Waals surface area contributed by atoms with Gasteiger partial charge in [-0.15, -0.1) is 11.6 Å². The molecule has 1 N–H and O–H groups in total. The number of carbonyl (C=O) groups excluding carboxylic acids is 1. The van der Waals surface area contributed by atoms with Gasteiger partial charge in [0.2, 0.25) is 11.7 Å². The van der Waals surface area contributed by atoms with Crippen LogP contribution in [-0.2, 0) is 4.79 Å². The van der Waals surface area contributed by atoms with Crippen LogP contribution in [-0.4, -0.2) is 38.7 Å². The molecular weight excluding hydrogens is 294 g/mol. The predicted octanol–water partition coefficient (Wildman–Crippen LogP) is 2.61. The van der Waals surface area contributed by atoms with Crippen LogP contribution in [0, 0.1) is 0 Å². The maximum Gasteiger partial charge on any atom is 0.220 e. The smallest absolute Gasteiger partial charge is 0.220 e. The second-order valence-corrected chi connectivity index (χ2v) is 4.89. The van der Waals surface area contributed by atoms with Crippen LogP contribution >= 0.6 is 11.6 Å². The van der Waals surface area contributed by atoms with Gasteiger partial charge in [0.1, 0.15) is 6.10 Å². The highest BCUT2D eigenvalue weighted by Crippen LogP contribution is 2.37. The molecule has 1 atom stereocenters. The van der Waals surface area contributed by atoms with Gasteiger partial charge in [0.25, 0.3) is 0 Å². The first-order valence-corrected chi connectivity index (χ1v) is 7.36. The van der Waals surface area contributed by atoms with Gasteiger partial charge >= 0.3 is 0 Å². The monoisotopic (exact) mass is 315 g/mol. The number of halogens is 1. The van der Waals surface area contributed by atoms with Gasteiger partial charge in [-0.3, -0.25) is 4.79 Å². The minimum Gasteiger partial charge on any atom is -0.493 e. The number of para-hydroxylation sites is 1. The van der Waals surface area contributed by atoms with E-state index < -0.39 is 0 Å². The van der Waals surface area contributed by atoms with Crippen molar-refractivity contribution in [1.29, 1.82) is 0 Å². The number of benzene rings is 1. The topological polar surface area (TPSA) is 56.8 Å². The van der Waals surface area contributed by atoms with Gasteiger partial charge in [-0.05, 0) is 25.5 Å². The molecular formula is C15H22ClNO4. The molecule has 0 bridgehead atoms. The molecule has 0 aliphatic carbocycles. The van der Waals surface area contributed by atoms with Crippen LogP contribution in [0.4, 0.5) is 0 Å². The Kier molecular flexibility index (Phi) is 7.75. The maximum atomic E-state index is 11.5. The van der Waals surface area contributed by atoms with E-state index in [4.69, 9.17) is 25.8 Å². The lowest BCUT2D eigenvalue weighted by Crippen LogP contribution is -2.33. The molecule has 6 heteroatoms. The number of hydrogen-bond donors (Lipinski definition) is 1. The van der Waals surface area contributed by atoms with E-state index in [9.17, 15) is 4.79 Å². The lowest BCUT2D eigenvalue weighted by Gasteiger charge is -2.19. The summed E-state index contributed by atoms with van der Waals surface area (Å²) in [4.78, 5) is 11.5. The average Bonchev–Trinajstić information content (AvgIpc) is 2.51. The second kappa shape index (κ2) is 9.34. The van der Waals surface area contributed by atoms with E-state index in [-0.39, 0.29) is 12.0 Å². The molecule has 1 aromatic carbocycles. The van der Waals surface area contributed by atoms with Crippen molar-refractivity contribution >= 4 is 17.5 Å². The van der Waals surface area contributed by atoms with E-state index in [0.717, 1.165) is 0 Å². The number of nitrogens with one attached hydrogen (secondary N) is 1. The summed E-state index contributed by atoms with van der Waals surface area (Å²) in [7, 11) is 3.14. The van der Waals surface area contributed by atoms with Gasteiger partial charge in [0.15, 0.2) is 11.5 Å². The van der Waals surface area contributed by atoms with E-state index in [1.165, 1.54) is 0 Å². The molecule has 0 spiro atoms. The molecule has 0 aliphatic heterocycles. The van der Waals surface area contributed by atoms with Crippen molar-refractivity contribution in [3.8, 4) is 17.2 Å². The van der Waals surface area contributed by atoms with Gasteiger partial charge in [-0.25, -0.2) is 0 Å². The summed E-state index contributed by atoms with van der Waals surface area (Å²) in [5, 5.41) is 2.81. The van der Waals surface area contributed by atoms with Crippen LogP contribution < -0.4 is 19.5 Å². The van der Waals surface area contributed by atoms with Crippen molar-refractivity contribution in [2.45, 2.75) is 25.9 Å². The van der Waals surface area contributed by atoms with Crippen LogP contribution in [0.15, 0.2) is 18.2 Å². The van der Waals surface area contributed by atoms with Crippen molar-refractivity contribution in [1.82, 2.24) is 5.32 Å². The molecule has 0 fully saturated rings. The highest BCUT2D eigenvalue weighted by Gasteiger charge is 2.15. The molecule has 1 aromatic rings. The second-order valence-electron chi connectivity index (χ2n) is 4.52. The molecule has 5 nitrogen and oxygen atoms in total. The van der Waals surface area contributed by atoms with E-state index in [0.29, 0.717) is 42.5 Å². The SMILES string of the molecule is COc1cccc(OC)c1OC(C)CNC(=O)CCCCl. The van der Waals surface area contributed by atoms with Gasteiger partial charge in [-0.2, -0.15) is 0 Å². The normalized spacial score (nSPS) is 11.6. The molecule has 1 amide bonds. The molecule has 0 saturated heterocycles. The quantitative estimate of drug-likeness (QED) is 0.712. The summed E-state index contributed by atoms with van der Waals surface area (Å²) in [5.41, 5.74) is 0. The van der Waals surface area contributed by atoms with Crippen LogP contribution in [0.2, 0.25) is 0 Å². The number of ether oxygens (including phenoxy) is 3. The van der Waals surface area contributed by atoms with Crippen molar-refractivity contribution < 1.29 is 19.0 Å². The molecule has 1 rings (SSSR count). The fourth-order valence-electron chi connectivity index (χ4n) is 1.75. The van der Waals surface area contributed by atoms with E-state index in [1.54, 1.807) is 26.4 Å². The van der Waals surface area contributed by atoms with Gasteiger partial charge in [0, 0.05) is 12.3 Å². The Labute approximate surface area is 130 Å². The minimum absolute atomic E-state index is 0.0295. The number of carbonyl (C=O) groups is 1. The lowest BCUT2D eigenvalue weighted by atomic mass is 10.2. The van der Waals surface area contributed by atoms with Crippen molar-refractivity contribution in [2.24, 2.45) is 0 Å². The Morgan fingerprint density at radius 3 is 2.43 bits per heavy atom. The average molecular weight is 316 g/mol. The third kappa shape index (κ3) is 5.71. The summed E-state index contributed by atoms with van der Waals surface area (Å²) < 4.78 is 16.3. The molecule has 118 valence electrons. The highest BCUT2D eigenvalue weighted by molar-refractivity contribution is 6.17. The Balaban J connectivity index is 2.58. The van der Waals surface area contributed by atoms with E-state index in [1.807, 2.05) is 13.0 Å². The predicted molar refractivity (Wildman–Crippen MR) is 82.6 cm³/mol. The highest BCUT2D eigenvalue weighted by atomic mass is 35.5. The molecule has 1 unspecified atom stereocenters. The summed E-state index contributed by atoms with van der Waals surface area (Å²) in [5.74, 6) is 2.17.